The summed E-state index contributed by atoms with van der Waals surface area (Å²) in [5, 5.41) is 4.86. The summed E-state index contributed by atoms with van der Waals surface area (Å²) < 4.78 is 7.66. The summed E-state index contributed by atoms with van der Waals surface area (Å²) in [6, 6.07) is 5.55. The third-order valence-electron chi connectivity index (χ3n) is 3.14. The smallest absolute Gasteiger partial charge is 0.171 e. The van der Waals surface area contributed by atoms with Crippen molar-refractivity contribution in [3.05, 3.63) is 40.2 Å². The summed E-state index contributed by atoms with van der Waals surface area (Å²) in [6.45, 7) is 5.79. The van der Waals surface area contributed by atoms with E-state index in [1.165, 1.54) is 0 Å². The number of hydrogen-bond acceptors (Lipinski definition) is 3. The minimum atomic E-state index is -0.0478. The van der Waals surface area contributed by atoms with Gasteiger partial charge in [0.15, 0.2) is 5.75 Å². The monoisotopic (exact) mass is 279 g/mol. The van der Waals surface area contributed by atoms with E-state index in [4.69, 9.17) is 22.1 Å². The van der Waals surface area contributed by atoms with E-state index in [1.807, 2.05) is 46.0 Å². The van der Waals surface area contributed by atoms with Gasteiger partial charge in [0.25, 0.3) is 0 Å². The molecule has 0 saturated heterocycles. The van der Waals surface area contributed by atoms with Gasteiger partial charge in [-0.3, -0.25) is 4.68 Å². The van der Waals surface area contributed by atoms with Gasteiger partial charge in [-0.25, -0.2) is 0 Å². The molecule has 0 aliphatic carbocycles. The highest BCUT2D eigenvalue weighted by atomic mass is 35.5. The number of hydrogen-bond donors (Lipinski definition) is 1. The lowest BCUT2D eigenvalue weighted by Crippen LogP contribution is -2.04. The van der Waals surface area contributed by atoms with E-state index in [2.05, 4.69) is 5.10 Å². The molecule has 0 saturated carbocycles. The van der Waals surface area contributed by atoms with Crippen molar-refractivity contribution in [1.82, 2.24) is 9.78 Å². The van der Waals surface area contributed by atoms with Gasteiger partial charge in [0.05, 0.1) is 10.7 Å². The van der Waals surface area contributed by atoms with Gasteiger partial charge in [-0.05, 0) is 38.5 Å². The van der Waals surface area contributed by atoms with E-state index in [1.54, 1.807) is 4.68 Å². The van der Waals surface area contributed by atoms with Crippen LogP contribution in [-0.4, -0.2) is 9.78 Å². The molecule has 0 radical (unpaired) electrons. The Kier molecular flexibility index (Phi) is 3.83. The van der Waals surface area contributed by atoms with E-state index >= 15 is 0 Å². The van der Waals surface area contributed by atoms with Crippen molar-refractivity contribution in [3.63, 3.8) is 0 Å². The second-order valence-corrected chi connectivity index (χ2v) is 5.11. The number of aryl methyl sites for hydroxylation is 2. The molecule has 1 heterocycles. The Morgan fingerprint density at radius 3 is 2.53 bits per heavy atom. The maximum Gasteiger partial charge on any atom is 0.171 e. The third-order valence-corrected chi connectivity index (χ3v) is 3.43. The largest absolute Gasteiger partial charge is 0.452 e. The van der Waals surface area contributed by atoms with Crippen molar-refractivity contribution in [2.45, 2.75) is 26.8 Å². The Hall–Kier alpha value is -1.52. The fourth-order valence-electron chi connectivity index (χ4n) is 1.89. The second-order valence-electron chi connectivity index (χ2n) is 4.70. The first-order valence-corrected chi connectivity index (χ1v) is 6.51. The lowest BCUT2D eigenvalue weighted by molar-refractivity contribution is 0.474. The van der Waals surface area contributed by atoms with Gasteiger partial charge in [-0.15, -0.1) is 0 Å². The van der Waals surface area contributed by atoms with Gasteiger partial charge in [-0.2, -0.15) is 5.10 Å². The van der Waals surface area contributed by atoms with Gasteiger partial charge in [0.1, 0.15) is 11.4 Å². The van der Waals surface area contributed by atoms with Crippen LogP contribution in [0, 0.1) is 13.8 Å². The summed E-state index contributed by atoms with van der Waals surface area (Å²) in [4.78, 5) is 0. The van der Waals surface area contributed by atoms with Crippen LogP contribution in [0.5, 0.6) is 11.5 Å². The van der Waals surface area contributed by atoms with Crippen LogP contribution in [-0.2, 0) is 7.05 Å². The van der Waals surface area contributed by atoms with Gasteiger partial charge in [0.2, 0.25) is 0 Å². The Balaban J connectivity index is 2.34. The van der Waals surface area contributed by atoms with Gasteiger partial charge in [0, 0.05) is 13.1 Å². The molecule has 2 aromatic rings. The van der Waals surface area contributed by atoms with Crippen LogP contribution in [0.2, 0.25) is 5.02 Å². The molecular formula is C14H18ClN3O. The molecule has 5 heteroatoms. The quantitative estimate of drug-likeness (QED) is 0.935. The van der Waals surface area contributed by atoms with Crippen LogP contribution < -0.4 is 10.5 Å². The molecule has 0 bridgehead atoms. The van der Waals surface area contributed by atoms with Crippen molar-refractivity contribution in [3.8, 4) is 11.5 Å². The highest BCUT2D eigenvalue weighted by Gasteiger charge is 2.14. The number of rotatable bonds is 3. The van der Waals surface area contributed by atoms with Gasteiger partial charge in [-0.1, -0.05) is 17.7 Å². The molecule has 4 nitrogen and oxygen atoms in total. The summed E-state index contributed by atoms with van der Waals surface area (Å²) in [7, 11) is 1.88. The Bertz CT molecular complexity index is 605. The standard InChI is InChI=1S/C14H18ClN3O/c1-8(16)11-5-6-13(12(15)7-11)19-14-9(2)17-18(4)10(14)3/h5-8H,16H2,1-4H3/t8-/m0/s1. The van der Waals surface area contributed by atoms with Crippen LogP contribution in [0.4, 0.5) is 0 Å². The fourth-order valence-corrected chi connectivity index (χ4v) is 2.12. The molecule has 1 aromatic heterocycles. The molecule has 0 fully saturated rings. The van der Waals surface area contributed by atoms with Crippen molar-refractivity contribution in [2.75, 3.05) is 0 Å². The zero-order chi connectivity index (χ0) is 14.2. The zero-order valence-corrected chi connectivity index (χ0v) is 12.3. The summed E-state index contributed by atoms with van der Waals surface area (Å²) in [6.07, 6.45) is 0. The molecule has 1 atom stereocenters. The number of benzene rings is 1. The number of nitrogens with zero attached hydrogens (tertiary/aromatic N) is 2. The maximum atomic E-state index is 6.23. The zero-order valence-electron chi connectivity index (χ0n) is 11.6. The first-order valence-electron chi connectivity index (χ1n) is 6.13. The Morgan fingerprint density at radius 1 is 1.37 bits per heavy atom. The van der Waals surface area contributed by atoms with Crippen LogP contribution in [0.15, 0.2) is 18.2 Å². The molecule has 2 N–H and O–H groups in total. The average Bonchev–Trinajstić information content (AvgIpc) is 2.58. The molecule has 0 unspecified atom stereocenters. The Labute approximate surface area is 118 Å². The summed E-state index contributed by atoms with van der Waals surface area (Å²) in [5.74, 6) is 1.36. The predicted octanol–water partition coefficient (Wildman–Crippen LogP) is 3.50. The van der Waals surface area contributed by atoms with E-state index < -0.39 is 0 Å². The van der Waals surface area contributed by atoms with Crippen LogP contribution in [0.3, 0.4) is 0 Å². The predicted molar refractivity (Wildman–Crippen MR) is 76.8 cm³/mol. The lowest BCUT2D eigenvalue weighted by atomic mass is 10.1. The second kappa shape index (κ2) is 5.23. The third kappa shape index (κ3) is 2.74. The molecule has 0 amide bonds. The molecule has 1 aromatic carbocycles. The number of nitrogens with two attached hydrogens (primary N) is 1. The number of ether oxygens (including phenoxy) is 1. The number of halogens is 1. The molecule has 19 heavy (non-hydrogen) atoms. The lowest BCUT2D eigenvalue weighted by Gasteiger charge is -2.11. The minimum Gasteiger partial charge on any atom is -0.452 e. The summed E-state index contributed by atoms with van der Waals surface area (Å²) >= 11 is 6.23. The van der Waals surface area contributed by atoms with Gasteiger partial charge >= 0.3 is 0 Å². The van der Waals surface area contributed by atoms with E-state index in [-0.39, 0.29) is 6.04 Å². The molecule has 2 rings (SSSR count). The molecule has 0 spiro atoms. The molecular weight excluding hydrogens is 262 g/mol. The first kappa shape index (κ1) is 13.9. The van der Waals surface area contributed by atoms with Crippen molar-refractivity contribution < 1.29 is 4.74 Å². The minimum absolute atomic E-state index is 0.0478. The number of aromatic nitrogens is 2. The van der Waals surface area contributed by atoms with Crippen LogP contribution in [0.1, 0.15) is 29.9 Å². The Morgan fingerprint density at radius 2 is 2.05 bits per heavy atom. The van der Waals surface area contributed by atoms with Crippen molar-refractivity contribution >= 4 is 11.6 Å². The van der Waals surface area contributed by atoms with Crippen molar-refractivity contribution in [1.29, 1.82) is 0 Å². The summed E-state index contributed by atoms with van der Waals surface area (Å²) in [5.41, 5.74) is 8.61. The van der Waals surface area contributed by atoms with E-state index in [0.29, 0.717) is 10.8 Å². The van der Waals surface area contributed by atoms with E-state index in [9.17, 15) is 0 Å². The van der Waals surface area contributed by atoms with Crippen LogP contribution in [0.25, 0.3) is 0 Å². The molecule has 0 aliphatic heterocycles. The van der Waals surface area contributed by atoms with Gasteiger partial charge < -0.3 is 10.5 Å². The highest BCUT2D eigenvalue weighted by Crippen LogP contribution is 2.34. The average molecular weight is 280 g/mol. The van der Waals surface area contributed by atoms with E-state index in [0.717, 1.165) is 22.7 Å². The van der Waals surface area contributed by atoms with Crippen LogP contribution >= 0.6 is 11.6 Å². The fraction of sp³-hybridized carbons (Fsp3) is 0.357. The first-order chi connectivity index (χ1) is 8.90. The normalized spacial score (nSPS) is 12.5. The molecule has 0 aliphatic rings. The maximum absolute atomic E-state index is 6.23. The molecule has 102 valence electrons. The SMILES string of the molecule is Cc1nn(C)c(C)c1Oc1ccc([C@H](C)N)cc1Cl. The topological polar surface area (TPSA) is 53.1 Å². The highest BCUT2D eigenvalue weighted by molar-refractivity contribution is 6.32. The van der Waals surface area contributed by atoms with Crippen molar-refractivity contribution in [2.24, 2.45) is 12.8 Å².